The average Bonchev–Trinajstić information content (AvgIpc) is 3.06. The first-order valence-corrected chi connectivity index (χ1v) is 5.81. The summed E-state index contributed by atoms with van der Waals surface area (Å²) in [6, 6.07) is 0. The van der Waals surface area contributed by atoms with Gasteiger partial charge in [0.2, 0.25) is 11.7 Å². The van der Waals surface area contributed by atoms with E-state index >= 15 is 0 Å². The minimum absolute atomic E-state index is 0.0285. The van der Waals surface area contributed by atoms with Gasteiger partial charge in [0.25, 0.3) is 0 Å². The third-order valence-corrected chi connectivity index (χ3v) is 3.39. The first-order chi connectivity index (χ1) is 8.01. The zero-order valence-electron chi connectivity index (χ0n) is 10.3. The monoisotopic (exact) mass is 239 g/mol. The number of hydrogen-bond donors (Lipinski definition) is 1. The fourth-order valence-corrected chi connectivity index (χ4v) is 1.73. The molecule has 94 valence electrons. The van der Waals surface area contributed by atoms with E-state index in [0.717, 1.165) is 12.8 Å². The molecular formula is C12H17NO4. The molecule has 1 unspecified atom stereocenters. The van der Waals surface area contributed by atoms with Crippen molar-refractivity contribution >= 4 is 5.97 Å². The summed E-state index contributed by atoms with van der Waals surface area (Å²) < 4.78 is 10.8. The molecule has 1 saturated carbocycles. The number of aromatic carboxylic acids is 1. The Morgan fingerprint density at radius 2 is 2.29 bits per heavy atom. The largest absolute Gasteiger partial charge is 0.475 e. The third kappa shape index (κ3) is 2.07. The molecule has 2 rings (SSSR count). The summed E-state index contributed by atoms with van der Waals surface area (Å²) in [6.07, 6.45) is 2.65. The van der Waals surface area contributed by atoms with Gasteiger partial charge in [-0.25, -0.2) is 9.78 Å². The Morgan fingerprint density at radius 1 is 1.65 bits per heavy atom. The van der Waals surface area contributed by atoms with Crippen LogP contribution < -0.4 is 0 Å². The van der Waals surface area contributed by atoms with E-state index in [9.17, 15) is 4.79 Å². The predicted molar refractivity (Wildman–Crippen MR) is 60.1 cm³/mol. The molecule has 0 aromatic carbocycles. The van der Waals surface area contributed by atoms with Crippen molar-refractivity contribution in [2.75, 3.05) is 7.11 Å². The molecular weight excluding hydrogens is 222 g/mol. The van der Waals surface area contributed by atoms with Crippen molar-refractivity contribution in [3.8, 4) is 0 Å². The minimum Gasteiger partial charge on any atom is -0.475 e. The molecule has 0 aliphatic heterocycles. The molecule has 0 saturated heterocycles. The van der Waals surface area contributed by atoms with E-state index in [2.05, 4.69) is 4.98 Å². The molecule has 1 aliphatic rings. The molecule has 0 radical (unpaired) electrons. The van der Waals surface area contributed by atoms with Crippen LogP contribution >= 0.6 is 0 Å². The van der Waals surface area contributed by atoms with Gasteiger partial charge in [-0.2, -0.15) is 0 Å². The second-order valence-corrected chi connectivity index (χ2v) is 4.60. The number of hydrogen-bond acceptors (Lipinski definition) is 4. The fourth-order valence-electron chi connectivity index (χ4n) is 1.73. The van der Waals surface area contributed by atoms with Crippen LogP contribution in [0.4, 0.5) is 0 Å². The molecule has 1 aliphatic carbocycles. The lowest BCUT2D eigenvalue weighted by Gasteiger charge is -2.22. The predicted octanol–water partition coefficient (Wildman–Crippen LogP) is 2.52. The van der Waals surface area contributed by atoms with E-state index in [1.54, 1.807) is 7.11 Å². The van der Waals surface area contributed by atoms with Gasteiger partial charge < -0.3 is 14.3 Å². The highest BCUT2D eigenvalue weighted by Crippen LogP contribution is 2.42. The Balaban J connectivity index is 2.42. The van der Waals surface area contributed by atoms with Gasteiger partial charge in [0.15, 0.2) is 0 Å². The van der Waals surface area contributed by atoms with Crippen molar-refractivity contribution in [2.45, 2.75) is 44.6 Å². The number of ether oxygens (including phenoxy) is 1. The number of methoxy groups -OCH3 is 1. The highest BCUT2D eigenvalue weighted by atomic mass is 16.5. The number of carboxylic acid groups (broad SMARTS) is 1. The van der Waals surface area contributed by atoms with Crippen molar-refractivity contribution in [2.24, 2.45) is 0 Å². The molecule has 1 fully saturated rings. The second-order valence-electron chi connectivity index (χ2n) is 4.60. The van der Waals surface area contributed by atoms with Crippen LogP contribution in [0.15, 0.2) is 4.42 Å². The van der Waals surface area contributed by atoms with Gasteiger partial charge in [0.05, 0.1) is 5.69 Å². The molecule has 5 nitrogen and oxygen atoms in total. The van der Waals surface area contributed by atoms with Gasteiger partial charge in [-0.15, -0.1) is 0 Å². The van der Waals surface area contributed by atoms with Crippen LogP contribution in [-0.2, 0) is 10.3 Å². The van der Waals surface area contributed by atoms with E-state index in [0.29, 0.717) is 18.0 Å². The molecule has 0 spiro atoms. The lowest BCUT2D eigenvalue weighted by molar-refractivity contribution is -0.0242. The van der Waals surface area contributed by atoms with E-state index in [4.69, 9.17) is 14.3 Å². The molecule has 1 N–H and O–H groups in total. The van der Waals surface area contributed by atoms with Gasteiger partial charge in [-0.1, -0.05) is 6.92 Å². The normalized spacial score (nSPS) is 19.0. The number of oxazole rings is 1. The van der Waals surface area contributed by atoms with Crippen LogP contribution in [0.25, 0.3) is 0 Å². The van der Waals surface area contributed by atoms with Crippen molar-refractivity contribution in [3.05, 3.63) is 17.3 Å². The number of rotatable bonds is 5. The van der Waals surface area contributed by atoms with E-state index in [1.807, 2.05) is 13.8 Å². The van der Waals surface area contributed by atoms with Gasteiger partial charge in [-0.3, -0.25) is 0 Å². The van der Waals surface area contributed by atoms with E-state index < -0.39 is 11.6 Å². The summed E-state index contributed by atoms with van der Waals surface area (Å²) in [5, 5.41) is 9.09. The van der Waals surface area contributed by atoms with Gasteiger partial charge >= 0.3 is 5.97 Å². The van der Waals surface area contributed by atoms with Crippen molar-refractivity contribution in [3.63, 3.8) is 0 Å². The zero-order chi connectivity index (χ0) is 12.6. The fraction of sp³-hybridized carbons (Fsp3) is 0.667. The quantitative estimate of drug-likeness (QED) is 0.854. The number of nitrogens with zero attached hydrogens (tertiary/aromatic N) is 1. The van der Waals surface area contributed by atoms with Crippen LogP contribution in [-0.4, -0.2) is 23.2 Å². The molecule has 5 heteroatoms. The van der Waals surface area contributed by atoms with E-state index in [1.165, 1.54) is 0 Å². The summed E-state index contributed by atoms with van der Waals surface area (Å²) in [6.45, 7) is 3.80. The van der Waals surface area contributed by atoms with Crippen LogP contribution in [0, 0.1) is 0 Å². The summed E-state index contributed by atoms with van der Waals surface area (Å²) in [5.41, 5.74) is -0.0821. The molecule has 1 atom stereocenters. The minimum atomic E-state index is -1.06. The zero-order valence-corrected chi connectivity index (χ0v) is 10.3. The average molecular weight is 239 g/mol. The van der Waals surface area contributed by atoms with Crippen molar-refractivity contribution in [1.82, 2.24) is 4.98 Å². The maximum Gasteiger partial charge on any atom is 0.373 e. The summed E-state index contributed by atoms with van der Waals surface area (Å²) >= 11 is 0. The maximum atomic E-state index is 11.1. The SMILES string of the molecule is CCC(C)(OC)c1nc(C2CC2)c(C(=O)O)o1. The lowest BCUT2D eigenvalue weighted by Crippen LogP contribution is -2.23. The number of carboxylic acids is 1. The topological polar surface area (TPSA) is 72.6 Å². The highest BCUT2D eigenvalue weighted by molar-refractivity contribution is 5.86. The third-order valence-electron chi connectivity index (χ3n) is 3.39. The van der Waals surface area contributed by atoms with Crippen LogP contribution in [0.3, 0.4) is 0 Å². The first-order valence-electron chi connectivity index (χ1n) is 5.81. The molecule has 1 heterocycles. The second kappa shape index (κ2) is 4.14. The maximum absolute atomic E-state index is 11.1. The summed E-state index contributed by atoms with van der Waals surface area (Å²) in [7, 11) is 1.57. The van der Waals surface area contributed by atoms with Crippen molar-refractivity contribution < 1.29 is 19.1 Å². The molecule has 0 bridgehead atoms. The Morgan fingerprint density at radius 3 is 2.71 bits per heavy atom. The molecule has 1 aromatic heterocycles. The van der Waals surface area contributed by atoms with Gasteiger partial charge in [-0.05, 0) is 26.2 Å². The Hall–Kier alpha value is -1.36. The number of carbonyl (C=O) groups is 1. The number of aromatic nitrogens is 1. The van der Waals surface area contributed by atoms with Crippen molar-refractivity contribution in [1.29, 1.82) is 0 Å². The summed E-state index contributed by atoms with van der Waals surface area (Å²) in [4.78, 5) is 15.4. The lowest BCUT2D eigenvalue weighted by atomic mass is 10.0. The van der Waals surface area contributed by atoms with Gasteiger partial charge in [0.1, 0.15) is 5.60 Å². The molecule has 1 aromatic rings. The van der Waals surface area contributed by atoms with E-state index in [-0.39, 0.29) is 11.7 Å². The van der Waals surface area contributed by atoms with Gasteiger partial charge in [0, 0.05) is 13.0 Å². The molecule has 0 amide bonds. The Labute approximate surface area is 99.8 Å². The smallest absolute Gasteiger partial charge is 0.373 e. The van der Waals surface area contributed by atoms with Crippen LogP contribution in [0.1, 0.15) is 61.2 Å². The first kappa shape index (κ1) is 12.1. The summed E-state index contributed by atoms with van der Waals surface area (Å²) in [5.74, 6) is -0.474. The Bertz CT molecular complexity index is 430. The van der Waals surface area contributed by atoms with Crippen LogP contribution in [0.5, 0.6) is 0 Å². The Kier molecular flexibility index (Phi) is 2.95. The highest BCUT2D eigenvalue weighted by Gasteiger charge is 2.38. The van der Waals surface area contributed by atoms with Crippen LogP contribution in [0.2, 0.25) is 0 Å². The standard InChI is InChI=1S/C12H17NO4/c1-4-12(2,16-3)11-13-8(7-5-6-7)9(17-11)10(14)15/h7H,4-6H2,1-3H3,(H,14,15). The molecule has 17 heavy (non-hydrogen) atoms.